The van der Waals surface area contributed by atoms with Crippen LogP contribution in [0.3, 0.4) is 0 Å². The Morgan fingerprint density at radius 2 is 1.69 bits per heavy atom. The molecule has 0 saturated carbocycles. The molecule has 2 N–H and O–H groups in total. The first-order chi connectivity index (χ1) is 20.6. The molecule has 42 heavy (non-hydrogen) atoms. The number of amides is 2. The maximum Gasteiger partial charge on any atom is 0.314 e. The van der Waals surface area contributed by atoms with E-state index in [-0.39, 0.29) is 17.8 Å². The summed E-state index contributed by atoms with van der Waals surface area (Å²) in [6, 6.07) is 20.9. The van der Waals surface area contributed by atoms with Crippen molar-refractivity contribution in [2.75, 3.05) is 52.9 Å². The number of likely N-dealkylation sites (tertiary alicyclic amines) is 1. The monoisotopic (exact) mass is 575 g/mol. The molecule has 2 heterocycles. The van der Waals surface area contributed by atoms with Gasteiger partial charge in [-0.2, -0.15) is 0 Å². The molecule has 1 aliphatic heterocycles. The molecule has 0 aliphatic carbocycles. The molecule has 1 atom stereocenters. The van der Waals surface area contributed by atoms with Gasteiger partial charge in [0.15, 0.2) is 0 Å². The van der Waals surface area contributed by atoms with Crippen molar-refractivity contribution in [1.29, 1.82) is 0 Å². The zero-order chi connectivity index (χ0) is 29.4. The number of aromatic nitrogens is 1. The van der Waals surface area contributed by atoms with E-state index in [1.807, 2.05) is 42.5 Å². The second-order valence-electron chi connectivity index (χ2n) is 11.2. The number of nitrogens with zero attached hydrogens (tertiary/aromatic N) is 3. The van der Waals surface area contributed by atoms with Crippen molar-refractivity contribution in [2.45, 2.75) is 51.0 Å². The fraction of sp³-hybridized carbons (Fsp3) is 0.471. The lowest BCUT2D eigenvalue weighted by atomic mass is 9.91. The minimum Gasteiger partial charge on any atom is -0.494 e. The van der Waals surface area contributed by atoms with Gasteiger partial charge in [-0.15, -0.1) is 0 Å². The van der Waals surface area contributed by atoms with Crippen LogP contribution in [0.25, 0.3) is 0 Å². The zero-order valence-corrected chi connectivity index (χ0v) is 24.9. The minimum absolute atomic E-state index is 0.103. The number of pyridine rings is 1. The van der Waals surface area contributed by atoms with Crippen LogP contribution in [0.1, 0.15) is 61.3 Å². The van der Waals surface area contributed by atoms with Gasteiger partial charge in [-0.1, -0.05) is 36.8 Å². The highest BCUT2D eigenvalue weighted by molar-refractivity contribution is 5.73. The maximum absolute atomic E-state index is 13.5. The molecule has 7 nitrogen and oxygen atoms in total. The predicted molar refractivity (Wildman–Crippen MR) is 166 cm³/mol. The average molecular weight is 576 g/mol. The van der Waals surface area contributed by atoms with Gasteiger partial charge in [0.2, 0.25) is 0 Å². The Hall–Kier alpha value is -3.49. The smallest absolute Gasteiger partial charge is 0.314 e. The van der Waals surface area contributed by atoms with Crippen LogP contribution in [0.4, 0.5) is 9.18 Å². The molecule has 8 heteroatoms. The average Bonchev–Trinajstić information content (AvgIpc) is 3.02. The van der Waals surface area contributed by atoms with Gasteiger partial charge in [0.05, 0.1) is 6.61 Å². The van der Waals surface area contributed by atoms with Gasteiger partial charge in [-0.25, -0.2) is 9.18 Å². The molecular formula is C34H46FN5O2. The second kappa shape index (κ2) is 17.5. The Morgan fingerprint density at radius 3 is 2.40 bits per heavy atom. The number of piperidine rings is 1. The summed E-state index contributed by atoms with van der Waals surface area (Å²) < 4.78 is 19.3. The van der Waals surface area contributed by atoms with Crippen molar-refractivity contribution >= 4 is 6.03 Å². The summed E-state index contributed by atoms with van der Waals surface area (Å²) in [6.07, 6.45) is 8.24. The number of hydrogen-bond donors (Lipinski definition) is 2. The molecule has 2 aromatic carbocycles. The number of ether oxygens (including phenoxy) is 1. The molecular weight excluding hydrogens is 529 g/mol. The van der Waals surface area contributed by atoms with E-state index in [2.05, 4.69) is 44.6 Å². The van der Waals surface area contributed by atoms with Gasteiger partial charge in [0, 0.05) is 37.4 Å². The van der Waals surface area contributed by atoms with Crippen molar-refractivity contribution < 1.29 is 13.9 Å². The highest BCUT2D eigenvalue weighted by Crippen LogP contribution is 2.27. The van der Waals surface area contributed by atoms with Gasteiger partial charge < -0.3 is 20.3 Å². The zero-order valence-electron chi connectivity index (χ0n) is 24.9. The fourth-order valence-electron chi connectivity index (χ4n) is 5.37. The number of hydrogen-bond acceptors (Lipinski definition) is 5. The largest absolute Gasteiger partial charge is 0.494 e. The third-order valence-corrected chi connectivity index (χ3v) is 7.77. The molecule has 1 saturated heterocycles. The highest BCUT2D eigenvalue weighted by atomic mass is 19.1. The molecule has 0 radical (unpaired) electrons. The molecule has 1 fully saturated rings. The van der Waals surface area contributed by atoms with E-state index < -0.39 is 0 Å². The fourth-order valence-corrected chi connectivity index (χ4v) is 5.37. The number of halogens is 1. The Labute approximate surface area is 250 Å². The molecule has 1 unspecified atom stereocenters. The van der Waals surface area contributed by atoms with Crippen LogP contribution in [0.5, 0.6) is 5.75 Å². The highest BCUT2D eigenvalue weighted by Gasteiger charge is 2.16. The molecule has 1 aromatic heterocycles. The number of nitrogens with one attached hydrogen (secondary N) is 2. The van der Waals surface area contributed by atoms with Crippen LogP contribution in [0.2, 0.25) is 0 Å². The van der Waals surface area contributed by atoms with E-state index in [1.54, 1.807) is 6.20 Å². The number of carbonyl (C=O) groups is 1. The molecule has 226 valence electrons. The van der Waals surface area contributed by atoms with E-state index in [0.29, 0.717) is 19.7 Å². The standard InChI is InChI=1S/C34H46FN5O2/c1-39(25-18-32(33-9-3-4-19-36-33)29-12-14-30(35)15-13-29)22-7-20-37-34(41)38-21-8-26-42-31-16-10-28(11-17-31)27-40-23-5-2-6-24-40/h3-4,9-17,19,32H,2,5-8,18,20-27H2,1H3,(H2,37,38,41). The third kappa shape index (κ3) is 11.1. The maximum atomic E-state index is 13.5. The molecule has 0 spiro atoms. The van der Waals surface area contributed by atoms with Crippen molar-refractivity contribution in [3.8, 4) is 5.75 Å². The van der Waals surface area contributed by atoms with Gasteiger partial charge in [0.25, 0.3) is 0 Å². The van der Waals surface area contributed by atoms with Gasteiger partial charge >= 0.3 is 6.03 Å². The van der Waals surface area contributed by atoms with E-state index in [1.165, 1.54) is 50.0 Å². The van der Waals surface area contributed by atoms with Gasteiger partial charge in [0.1, 0.15) is 11.6 Å². The van der Waals surface area contributed by atoms with Crippen LogP contribution in [-0.2, 0) is 6.54 Å². The molecule has 3 aromatic rings. The second-order valence-corrected chi connectivity index (χ2v) is 11.2. The first-order valence-corrected chi connectivity index (χ1v) is 15.4. The van der Waals surface area contributed by atoms with E-state index in [9.17, 15) is 9.18 Å². The summed E-state index contributed by atoms with van der Waals surface area (Å²) in [5.41, 5.74) is 3.38. The van der Waals surface area contributed by atoms with Crippen LogP contribution in [0, 0.1) is 5.82 Å². The minimum atomic E-state index is -0.232. The summed E-state index contributed by atoms with van der Waals surface area (Å²) in [4.78, 5) is 21.5. The van der Waals surface area contributed by atoms with Crippen molar-refractivity contribution in [3.63, 3.8) is 0 Å². The van der Waals surface area contributed by atoms with Crippen molar-refractivity contribution in [3.05, 3.63) is 95.6 Å². The first-order valence-electron chi connectivity index (χ1n) is 15.4. The van der Waals surface area contributed by atoms with Gasteiger partial charge in [-0.05, 0) is 113 Å². The van der Waals surface area contributed by atoms with Crippen molar-refractivity contribution in [1.82, 2.24) is 25.4 Å². The van der Waals surface area contributed by atoms with E-state index >= 15 is 0 Å². The Bertz CT molecular complexity index is 1170. The summed E-state index contributed by atoms with van der Waals surface area (Å²) in [5, 5.41) is 5.85. The number of carbonyl (C=O) groups excluding carboxylic acids is 1. The SMILES string of the molecule is CN(CCCNC(=O)NCCCOc1ccc(CN2CCCCC2)cc1)CCC(c1ccc(F)cc1)c1ccccn1. The Morgan fingerprint density at radius 1 is 0.952 bits per heavy atom. The molecule has 4 rings (SSSR count). The Kier molecular flexibility index (Phi) is 13.1. The quantitative estimate of drug-likeness (QED) is 0.211. The normalized spacial score (nSPS) is 14.5. The lowest BCUT2D eigenvalue weighted by Gasteiger charge is -2.26. The first kappa shape index (κ1) is 31.4. The summed E-state index contributed by atoms with van der Waals surface area (Å²) in [5.74, 6) is 0.741. The molecule has 0 bridgehead atoms. The number of benzene rings is 2. The number of urea groups is 1. The van der Waals surface area contributed by atoms with Crippen molar-refractivity contribution in [2.24, 2.45) is 0 Å². The van der Waals surface area contributed by atoms with Crippen LogP contribution >= 0.6 is 0 Å². The summed E-state index contributed by atoms with van der Waals surface area (Å²) >= 11 is 0. The lowest BCUT2D eigenvalue weighted by Crippen LogP contribution is -2.37. The topological polar surface area (TPSA) is 69.7 Å². The van der Waals surface area contributed by atoms with E-state index in [4.69, 9.17) is 4.74 Å². The Balaban J connectivity index is 1.05. The van der Waals surface area contributed by atoms with Crippen LogP contribution in [0.15, 0.2) is 72.9 Å². The van der Waals surface area contributed by atoms with Crippen LogP contribution < -0.4 is 15.4 Å². The third-order valence-electron chi connectivity index (χ3n) is 7.77. The van der Waals surface area contributed by atoms with E-state index in [0.717, 1.165) is 55.9 Å². The predicted octanol–water partition coefficient (Wildman–Crippen LogP) is 5.82. The van der Waals surface area contributed by atoms with Gasteiger partial charge in [-0.3, -0.25) is 9.88 Å². The summed E-state index contributed by atoms with van der Waals surface area (Å²) in [7, 11) is 2.09. The molecule has 1 aliphatic rings. The van der Waals surface area contributed by atoms with Crippen LogP contribution in [-0.4, -0.2) is 73.7 Å². The summed E-state index contributed by atoms with van der Waals surface area (Å²) in [6.45, 7) is 6.88. The molecule has 2 amide bonds. The lowest BCUT2D eigenvalue weighted by molar-refractivity contribution is 0.221. The number of rotatable bonds is 16.